The zero-order valence-electron chi connectivity index (χ0n) is 14.1. The van der Waals surface area contributed by atoms with Crippen molar-refractivity contribution in [3.63, 3.8) is 0 Å². The highest BCUT2D eigenvalue weighted by Crippen LogP contribution is 2.27. The Bertz CT molecular complexity index is 911. The van der Waals surface area contributed by atoms with Crippen molar-refractivity contribution in [3.05, 3.63) is 58.6 Å². The van der Waals surface area contributed by atoms with Gasteiger partial charge in [-0.15, -0.1) is 0 Å². The lowest BCUT2D eigenvalue weighted by Crippen LogP contribution is -2.31. The van der Waals surface area contributed by atoms with E-state index < -0.39 is 33.3 Å². The van der Waals surface area contributed by atoms with Crippen LogP contribution in [0.5, 0.6) is 0 Å². The number of carbonyl (C=O) groups excluding carboxylic acids is 1. The van der Waals surface area contributed by atoms with Crippen LogP contribution < -0.4 is 5.32 Å². The lowest BCUT2D eigenvalue weighted by atomic mass is 10.2. The van der Waals surface area contributed by atoms with Crippen molar-refractivity contribution >= 4 is 33.2 Å². The molecule has 2 aromatic carbocycles. The molecule has 0 bridgehead atoms. The van der Waals surface area contributed by atoms with E-state index in [1.54, 1.807) is 13.8 Å². The van der Waals surface area contributed by atoms with Gasteiger partial charge in [-0.2, -0.15) is 4.31 Å². The molecule has 0 aliphatic heterocycles. The molecule has 0 atom stereocenters. The normalized spacial score (nSPS) is 11.6. The first-order valence-corrected chi connectivity index (χ1v) is 9.59. The Morgan fingerprint density at radius 3 is 2.23 bits per heavy atom. The standard InChI is InChI=1S/C17H17ClF2N2O3S/c1-3-22(4-2)26(24,25)15-10-11(8-9-12(15)18)17(23)21-16-13(19)6-5-7-14(16)20/h5-10H,3-4H2,1-2H3,(H,21,23). The van der Waals surface area contributed by atoms with Gasteiger partial charge in [0.1, 0.15) is 22.2 Å². The summed E-state index contributed by atoms with van der Waals surface area (Å²) in [6, 6.07) is 6.78. The molecule has 5 nitrogen and oxygen atoms in total. The number of benzene rings is 2. The van der Waals surface area contributed by atoms with Crippen molar-refractivity contribution < 1.29 is 22.0 Å². The van der Waals surface area contributed by atoms with Crippen LogP contribution in [0.4, 0.5) is 14.5 Å². The van der Waals surface area contributed by atoms with Gasteiger partial charge in [0.25, 0.3) is 5.91 Å². The third-order valence-electron chi connectivity index (χ3n) is 3.72. The van der Waals surface area contributed by atoms with Gasteiger partial charge in [0.2, 0.25) is 10.0 Å². The molecule has 0 saturated heterocycles. The summed E-state index contributed by atoms with van der Waals surface area (Å²) in [5.41, 5.74) is -0.705. The fourth-order valence-corrected chi connectivity index (χ4v) is 4.31. The van der Waals surface area contributed by atoms with Gasteiger partial charge in [0.05, 0.1) is 5.02 Å². The van der Waals surface area contributed by atoms with Crippen molar-refractivity contribution in [1.29, 1.82) is 0 Å². The predicted molar refractivity (Wildman–Crippen MR) is 95.9 cm³/mol. The molecule has 0 fully saturated rings. The monoisotopic (exact) mass is 402 g/mol. The van der Waals surface area contributed by atoms with Crippen LogP contribution >= 0.6 is 11.6 Å². The van der Waals surface area contributed by atoms with E-state index in [0.717, 1.165) is 24.3 Å². The summed E-state index contributed by atoms with van der Waals surface area (Å²) in [5.74, 6) is -2.74. The Balaban J connectivity index is 2.42. The van der Waals surface area contributed by atoms with Crippen LogP contribution in [0, 0.1) is 11.6 Å². The number of carbonyl (C=O) groups is 1. The summed E-state index contributed by atoms with van der Waals surface area (Å²) in [7, 11) is -3.90. The zero-order valence-corrected chi connectivity index (χ0v) is 15.7. The van der Waals surface area contributed by atoms with E-state index in [9.17, 15) is 22.0 Å². The summed E-state index contributed by atoms with van der Waals surface area (Å²) in [6.07, 6.45) is 0. The second-order valence-corrected chi connectivity index (χ2v) is 7.60. The maximum absolute atomic E-state index is 13.7. The van der Waals surface area contributed by atoms with Gasteiger partial charge in [-0.3, -0.25) is 4.79 Å². The second kappa shape index (κ2) is 8.11. The third-order valence-corrected chi connectivity index (χ3v) is 6.25. The molecule has 2 aromatic rings. The van der Waals surface area contributed by atoms with Gasteiger partial charge in [-0.05, 0) is 30.3 Å². The summed E-state index contributed by atoms with van der Waals surface area (Å²) < 4.78 is 53.8. The molecule has 0 aliphatic rings. The Morgan fingerprint density at radius 1 is 1.12 bits per heavy atom. The molecule has 0 aromatic heterocycles. The number of sulfonamides is 1. The summed E-state index contributed by atoms with van der Waals surface area (Å²) in [4.78, 5) is 12.1. The number of nitrogens with zero attached hydrogens (tertiary/aromatic N) is 1. The predicted octanol–water partition coefficient (Wildman–Crippen LogP) is 3.90. The van der Waals surface area contributed by atoms with E-state index in [0.29, 0.717) is 0 Å². The molecule has 2 rings (SSSR count). The first-order chi connectivity index (χ1) is 12.2. The first-order valence-electron chi connectivity index (χ1n) is 7.77. The maximum atomic E-state index is 13.7. The minimum Gasteiger partial charge on any atom is -0.317 e. The van der Waals surface area contributed by atoms with Crippen molar-refractivity contribution in [1.82, 2.24) is 4.31 Å². The highest BCUT2D eigenvalue weighted by atomic mass is 35.5. The fraction of sp³-hybridized carbons (Fsp3) is 0.235. The van der Waals surface area contributed by atoms with Crippen LogP contribution in [-0.4, -0.2) is 31.7 Å². The summed E-state index contributed by atoms with van der Waals surface area (Å²) >= 11 is 6.00. The molecule has 1 N–H and O–H groups in total. The number of amides is 1. The average molecular weight is 403 g/mol. The molecule has 140 valence electrons. The van der Waals surface area contributed by atoms with Gasteiger partial charge < -0.3 is 5.32 Å². The van der Waals surface area contributed by atoms with Crippen LogP contribution in [0.25, 0.3) is 0 Å². The summed E-state index contributed by atoms with van der Waals surface area (Å²) in [6.45, 7) is 3.80. The highest BCUT2D eigenvalue weighted by Gasteiger charge is 2.26. The quantitative estimate of drug-likeness (QED) is 0.796. The Hall–Kier alpha value is -2.03. The molecular formula is C17H17ClF2N2O3S. The maximum Gasteiger partial charge on any atom is 0.255 e. The van der Waals surface area contributed by atoms with Gasteiger partial charge in [0, 0.05) is 18.7 Å². The zero-order chi connectivity index (χ0) is 19.5. The molecular weight excluding hydrogens is 386 g/mol. The van der Waals surface area contributed by atoms with E-state index in [1.165, 1.54) is 16.4 Å². The largest absolute Gasteiger partial charge is 0.317 e. The minimum atomic E-state index is -3.90. The minimum absolute atomic E-state index is 0.0504. The Kier molecular flexibility index (Phi) is 6.33. The summed E-state index contributed by atoms with van der Waals surface area (Å²) in [5, 5.41) is 2.06. The van der Waals surface area contributed by atoms with E-state index in [2.05, 4.69) is 5.32 Å². The molecule has 1 amide bonds. The molecule has 26 heavy (non-hydrogen) atoms. The van der Waals surface area contributed by atoms with Crippen molar-refractivity contribution in [2.24, 2.45) is 0 Å². The van der Waals surface area contributed by atoms with Gasteiger partial charge in [0.15, 0.2) is 0 Å². The number of anilines is 1. The fourth-order valence-electron chi connectivity index (χ4n) is 2.35. The van der Waals surface area contributed by atoms with Gasteiger partial charge in [-0.25, -0.2) is 17.2 Å². The average Bonchev–Trinajstić information content (AvgIpc) is 2.59. The molecule has 0 heterocycles. The third kappa shape index (κ3) is 4.03. The lowest BCUT2D eigenvalue weighted by molar-refractivity contribution is 0.102. The Morgan fingerprint density at radius 2 is 1.69 bits per heavy atom. The van der Waals surface area contributed by atoms with E-state index in [-0.39, 0.29) is 28.6 Å². The number of rotatable bonds is 6. The van der Waals surface area contributed by atoms with E-state index in [1.807, 2.05) is 0 Å². The number of para-hydroxylation sites is 1. The number of halogens is 3. The first kappa shape index (κ1) is 20.3. The lowest BCUT2D eigenvalue weighted by Gasteiger charge is -2.19. The van der Waals surface area contributed by atoms with Crippen molar-refractivity contribution in [3.8, 4) is 0 Å². The van der Waals surface area contributed by atoms with Crippen LogP contribution in [0.1, 0.15) is 24.2 Å². The SMILES string of the molecule is CCN(CC)S(=O)(=O)c1cc(C(=O)Nc2c(F)cccc2F)ccc1Cl. The van der Waals surface area contributed by atoms with Crippen molar-refractivity contribution in [2.45, 2.75) is 18.7 Å². The van der Waals surface area contributed by atoms with Crippen LogP contribution in [0.3, 0.4) is 0 Å². The molecule has 9 heteroatoms. The molecule has 0 radical (unpaired) electrons. The van der Waals surface area contributed by atoms with Crippen LogP contribution in [0.2, 0.25) is 5.02 Å². The molecule has 0 spiro atoms. The van der Waals surface area contributed by atoms with Crippen LogP contribution in [0.15, 0.2) is 41.3 Å². The highest BCUT2D eigenvalue weighted by molar-refractivity contribution is 7.89. The molecule has 0 saturated carbocycles. The molecule has 0 unspecified atom stereocenters. The molecule has 0 aliphatic carbocycles. The van der Waals surface area contributed by atoms with E-state index in [4.69, 9.17) is 11.6 Å². The number of hydrogen-bond acceptors (Lipinski definition) is 3. The Labute approximate surface area is 155 Å². The topological polar surface area (TPSA) is 66.5 Å². The second-order valence-electron chi connectivity index (χ2n) is 5.29. The van der Waals surface area contributed by atoms with Gasteiger partial charge in [-0.1, -0.05) is 31.5 Å². The van der Waals surface area contributed by atoms with Gasteiger partial charge >= 0.3 is 0 Å². The smallest absolute Gasteiger partial charge is 0.255 e. The van der Waals surface area contributed by atoms with Crippen LogP contribution in [-0.2, 0) is 10.0 Å². The number of hydrogen-bond donors (Lipinski definition) is 1. The number of nitrogens with one attached hydrogen (secondary N) is 1. The van der Waals surface area contributed by atoms with E-state index >= 15 is 0 Å². The van der Waals surface area contributed by atoms with Crippen molar-refractivity contribution in [2.75, 3.05) is 18.4 Å².